The van der Waals surface area contributed by atoms with E-state index in [0.717, 1.165) is 5.39 Å². The Bertz CT molecular complexity index is 1080. The maximum absolute atomic E-state index is 12.3. The summed E-state index contributed by atoms with van der Waals surface area (Å²) < 4.78 is 10.3. The van der Waals surface area contributed by atoms with Crippen molar-refractivity contribution in [3.8, 4) is 0 Å². The molecule has 0 spiro atoms. The first-order valence-electron chi connectivity index (χ1n) is 7.67. The van der Waals surface area contributed by atoms with E-state index in [4.69, 9.17) is 21.1 Å². The molecule has 1 aliphatic heterocycles. The van der Waals surface area contributed by atoms with Gasteiger partial charge in [0.15, 0.2) is 0 Å². The fourth-order valence-electron chi connectivity index (χ4n) is 3.20. The van der Waals surface area contributed by atoms with Crippen molar-refractivity contribution in [1.29, 1.82) is 0 Å². The SMILES string of the molecule is CC(=O)OCc1nc2ccc(Cl)cc2c2c3c(nc(C)c12)COC3=O. The molecule has 3 heterocycles. The number of aryl methyl sites for hydroxylation is 1. The summed E-state index contributed by atoms with van der Waals surface area (Å²) in [7, 11) is 0. The molecule has 0 atom stereocenters. The molecule has 2 aromatic heterocycles. The van der Waals surface area contributed by atoms with Crippen LogP contribution in [-0.4, -0.2) is 21.9 Å². The lowest BCUT2D eigenvalue weighted by Gasteiger charge is -2.13. The van der Waals surface area contributed by atoms with Gasteiger partial charge in [-0.2, -0.15) is 0 Å². The van der Waals surface area contributed by atoms with Crippen molar-refractivity contribution in [2.24, 2.45) is 0 Å². The second-order valence-corrected chi connectivity index (χ2v) is 6.28. The first-order chi connectivity index (χ1) is 12.0. The third-order valence-corrected chi connectivity index (χ3v) is 4.42. The molecule has 0 aliphatic carbocycles. The summed E-state index contributed by atoms with van der Waals surface area (Å²) in [5.41, 5.74) is 2.93. The Morgan fingerprint density at radius 2 is 2.12 bits per heavy atom. The third-order valence-electron chi connectivity index (χ3n) is 4.18. The average molecular weight is 357 g/mol. The van der Waals surface area contributed by atoms with Gasteiger partial charge in [-0.25, -0.2) is 9.78 Å². The van der Waals surface area contributed by atoms with Gasteiger partial charge < -0.3 is 9.47 Å². The molecule has 0 bridgehead atoms. The van der Waals surface area contributed by atoms with Crippen molar-refractivity contribution in [3.63, 3.8) is 0 Å². The van der Waals surface area contributed by atoms with E-state index in [-0.39, 0.29) is 13.2 Å². The van der Waals surface area contributed by atoms with E-state index in [2.05, 4.69) is 9.97 Å². The lowest BCUT2D eigenvalue weighted by Crippen LogP contribution is -2.06. The van der Waals surface area contributed by atoms with Crippen LogP contribution in [0.15, 0.2) is 18.2 Å². The molecule has 0 amide bonds. The van der Waals surface area contributed by atoms with E-state index < -0.39 is 11.9 Å². The average Bonchev–Trinajstić information content (AvgIpc) is 2.93. The molecule has 0 fully saturated rings. The van der Waals surface area contributed by atoms with Crippen molar-refractivity contribution < 1.29 is 19.1 Å². The van der Waals surface area contributed by atoms with Crippen molar-refractivity contribution in [2.45, 2.75) is 27.1 Å². The molecule has 1 aromatic carbocycles. The summed E-state index contributed by atoms with van der Waals surface area (Å²) in [5, 5.41) is 2.67. The Balaban J connectivity index is 2.16. The first-order valence-corrected chi connectivity index (χ1v) is 8.05. The van der Waals surface area contributed by atoms with Gasteiger partial charge in [-0.15, -0.1) is 0 Å². The smallest absolute Gasteiger partial charge is 0.341 e. The zero-order valence-electron chi connectivity index (χ0n) is 13.6. The third kappa shape index (κ3) is 2.49. The number of nitrogens with zero attached hydrogens (tertiary/aromatic N) is 2. The van der Waals surface area contributed by atoms with Gasteiger partial charge in [-0.05, 0) is 25.1 Å². The lowest BCUT2D eigenvalue weighted by molar-refractivity contribution is -0.142. The summed E-state index contributed by atoms with van der Waals surface area (Å²) in [6, 6.07) is 5.27. The predicted octanol–water partition coefficient (Wildman–Crippen LogP) is 3.48. The molecule has 4 rings (SSSR count). The largest absolute Gasteiger partial charge is 0.459 e. The molecule has 0 saturated heterocycles. The van der Waals surface area contributed by atoms with Gasteiger partial charge in [-0.1, -0.05) is 11.6 Å². The van der Waals surface area contributed by atoms with E-state index in [1.165, 1.54) is 6.92 Å². The number of hydrogen-bond donors (Lipinski definition) is 0. The van der Waals surface area contributed by atoms with Crippen molar-refractivity contribution >= 4 is 45.2 Å². The van der Waals surface area contributed by atoms with Crippen LogP contribution in [0, 0.1) is 6.92 Å². The minimum atomic E-state index is -0.418. The minimum absolute atomic E-state index is 0.000748. The highest BCUT2D eigenvalue weighted by Crippen LogP contribution is 2.36. The van der Waals surface area contributed by atoms with E-state index in [0.29, 0.717) is 44.0 Å². The molecule has 1 aliphatic rings. The van der Waals surface area contributed by atoms with Crippen LogP contribution < -0.4 is 0 Å². The summed E-state index contributed by atoms with van der Waals surface area (Å²) in [5.74, 6) is -0.823. The molecule has 0 radical (unpaired) electrons. The normalized spacial score (nSPS) is 13.2. The fraction of sp³-hybridized carbons (Fsp3) is 0.222. The van der Waals surface area contributed by atoms with Crippen LogP contribution >= 0.6 is 11.6 Å². The maximum atomic E-state index is 12.3. The summed E-state index contributed by atoms with van der Waals surface area (Å²) in [6.45, 7) is 3.32. The molecule has 0 saturated carbocycles. The predicted molar refractivity (Wildman–Crippen MR) is 91.4 cm³/mol. The van der Waals surface area contributed by atoms with Gasteiger partial charge in [0, 0.05) is 33.8 Å². The number of benzene rings is 1. The number of ether oxygens (including phenoxy) is 2. The van der Waals surface area contributed by atoms with Crippen LogP contribution in [0.2, 0.25) is 5.02 Å². The molecule has 126 valence electrons. The van der Waals surface area contributed by atoms with Crippen LogP contribution in [0.5, 0.6) is 0 Å². The van der Waals surface area contributed by atoms with Gasteiger partial charge in [0.2, 0.25) is 0 Å². The van der Waals surface area contributed by atoms with Crippen molar-refractivity contribution in [1.82, 2.24) is 9.97 Å². The number of hydrogen-bond acceptors (Lipinski definition) is 6. The number of aromatic nitrogens is 2. The number of rotatable bonds is 2. The first kappa shape index (κ1) is 15.8. The summed E-state index contributed by atoms with van der Waals surface area (Å²) in [6.07, 6.45) is 0. The van der Waals surface area contributed by atoms with Crippen LogP contribution in [0.1, 0.15) is 34.4 Å². The van der Waals surface area contributed by atoms with Gasteiger partial charge in [0.1, 0.15) is 13.2 Å². The van der Waals surface area contributed by atoms with Gasteiger partial charge in [-0.3, -0.25) is 9.78 Å². The van der Waals surface area contributed by atoms with E-state index in [1.807, 2.05) is 6.92 Å². The van der Waals surface area contributed by atoms with E-state index in [9.17, 15) is 9.59 Å². The number of halogens is 1. The molecule has 25 heavy (non-hydrogen) atoms. The summed E-state index contributed by atoms with van der Waals surface area (Å²) >= 11 is 6.16. The van der Waals surface area contributed by atoms with Crippen LogP contribution in [0.3, 0.4) is 0 Å². The van der Waals surface area contributed by atoms with E-state index in [1.54, 1.807) is 18.2 Å². The zero-order valence-corrected chi connectivity index (χ0v) is 14.3. The number of pyridine rings is 2. The molecule has 0 N–H and O–H groups in total. The second-order valence-electron chi connectivity index (χ2n) is 5.85. The van der Waals surface area contributed by atoms with Crippen molar-refractivity contribution in [3.05, 3.63) is 45.9 Å². The maximum Gasteiger partial charge on any atom is 0.341 e. The zero-order chi connectivity index (χ0) is 17.7. The lowest BCUT2D eigenvalue weighted by atomic mass is 9.97. The minimum Gasteiger partial charge on any atom is -0.459 e. The standard InChI is InChI=1S/C18H13ClN2O4/c1-8-15-13(6-24-9(2)22)21-12-4-3-10(19)5-11(12)16(15)17-14(20-8)7-25-18(17)23/h3-5H,6-7H2,1-2H3. The monoisotopic (exact) mass is 356 g/mol. The van der Waals surface area contributed by atoms with Gasteiger partial charge in [0.05, 0.1) is 22.5 Å². The number of carbonyl (C=O) groups is 2. The Hall–Kier alpha value is -2.73. The Kier molecular flexibility index (Phi) is 3.58. The molecule has 3 aromatic rings. The molecular formula is C18H13ClN2O4. The van der Waals surface area contributed by atoms with Crippen LogP contribution in [0.25, 0.3) is 21.7 Å². The quantitative estimate of drug-likeness (QED) is 0.516. The topological polar surface area (TPSA) is 78.4 Å². The Morgan fingerprint density at radius 1 is 1.32 bits per heavy atom. The van der Waals surface area contributed by atoms with Crippen molar-refractivity contribution in [2.75, 3.05) is 0 Å². The second kappa shape index (κ2) is 5.67. The number of esters is 2. The highest BCUT2D eigenvalue weighted by molar-refractivity contribution is 6.32. The van der Waals surface area contributed by atoms with Gasteiger partial charge >= 0.3 is 11.9 Å². The highest BCUT2D eigenvalue weighted by Gasteiger charge is 2.29. The molecular weight excluding hydrogens is 344 g/mol. The van der Waals surface area contributed by atoms with Gasteiger partial charge in [0.25, 0.3) is 0 Å². The fourth-order valence-corrected chi connectivity index (χ4v) is 3.37. The Morgan fingerprint density at radius 3 is 2.88 bits per heavy atom. The van der Waals surface area contributed by atoms with E-state index >= 15 is 0 Å². The molecule has 7 heteroatoms. The molecule has 6 nitrogen and oxygen atoms in total. The van der Waals surface area contributed by atoms with Crippen LogP contribution in [-0.2, 0) is 27.5 Å². The Labute approximate surface area is 147 Å². The number of carbonyl (C=O) groups excluding carboxylic acids is 2. The number of fused-ring (bicyclic) bond motifs is 5. The highest BCUT2D eigenvalue weighted by atomic mass is 35.5. The van der Waals surface area contributed by atoms with Crippen LogP contribution in [0.4, 0.5) is 0 Å². The summed E-state index contributed by atoms with van der Waals surface area (Å²) in [4.78, 5) is 32.6. The molecule has 0 unspecified atom stereocenters. The number of cyclic esters (lactones) is 1.